The summed E-state index contributed by atoms with van der Waals surface area (Å²) in [6.45, 7) is 1.19. The maximum Gasteiger partial charge on any atom is 0.356 e. The number of nitrogens with zero attached hydrogens (tertiary/aromatic N) is 2. The van der Waals surface area contributed by atoms with Crippen molar-refractivity contribution in [1.29, 1.82) is 0 Å². The van der Waals surface area contributed by atoms with Gasteiger partial charge in [0, 0.05) is 37.3 Å². The van der Waals surface area contributed by atoms with E-state index in [9.17, 15) is 13.2 Å². The van der Waals surface area contributed by atoms with Crippen LogP contribution in [0.2, 0.25) is 0 Å². The molecule has 3 rings (SSSR count). The van der Waals surface area contributed by atoms with Crippen molar-refractivity contribution in [3.8, 4) is 0 Å². The van der Waals surface area contributed by atoms with Gasteiger partial charge in [-0.05, 0) is 12.1 Å². The molecule has 0 saturated heterocycles. The molecule has 0 saturated carbocycles. The number of aromatic amines is 1. The number of rotatable bonds is 5. The van der Waals surface area contributed by atoms with Gasteiger partial charge in [0.05, 0.1) is 10.6 Å². The molecule has 2 heterocycles. The molecule has 1 aliphatic rings. The molecular weight excluding hydrogens is 362 g/mol. The van der Waals surface area contributed by atoms with Crippen LogP contribution in [0.4, 0.5) is 0 Å². The number of carboxylic acid groups (broad SMARTS) is 2. The van der Waals surface area contributed by atoms with Gasteiger partial charge in [0.25, 0.3) is 6.47 Å². The zero-order chi connectivity index (χ0) is 19.2. The summed E-state index contributed by atoms with van der Waals surface area (Å²) in [5.41, 5.74) is 1.50. The molecule has 0 bridgehead atoms. The van der Waals surface area contributed by atoms with Crippen LogP contribution >= 0.6 is 0 Å². The number of benzene rings is 1. The zero-order valence-electron chi connectivity index (χ0n) is 13.8. The third-order valence-corrected chi connectivity index (χ3v) is 5.70. The summed E-state index contributed by atoms with van der Waals surface area (Å²) in [6.07, 6.45) is 0.640. The maximum absolute atomic E-state index is 12.3. The van der Waals surface area contributed by atoms with Gasteiger partial charge in [-0.2, -0.15) is 5.10 Å². The van der Waals surface area contributed by atoms with Gasteiger partial charge in [0.2, 0.25) is 0 Å². The Morgan fingerprint density at radius 2 is 1.96 bits per heavy atom. The average Bonchev–Trinajstić information content (AvgIpc) is 3.05. The van der Waals surface area contributed by atoms with E-state index in [1.165, 1.54) is 0 Å². The molecule has 0 unspecified atom stereocenters. The molecular formula is C16H19N3O6S. The van der Waals surface area contributed by atoms with Gasteiger partial charge in [-0.15, -0.1) is 0 Å². The first-order chi connectivity index (χ1) is 12.4. The van der Waals surface area contributed by atoms with Crippen LogP contribution < -0.4 is 0 Å². The number of aromatic carboxylic acids is 1. The van der Waals surface area contributed by atoms with Crippen molar-refractivity contribution >= 4 is 22.3 Å². The number of hydrogen-bond donors (Lipinski definition) is 3. The Labute approximate surface area is 150 Å². The third kappa shape index (κ3) is 4.67. The van der Waals surface area contributed by atoms with Crippen LogP contribution in [0.5, 0.6) is 0 Å². The summed E-state index contributed by atoms with van der Waals surface area (Å²) in [5, 5.41) is 22.6. The fourth-order valence-corrected chi connectivity index (χ4v) is 4.02. The van der Waals surface area contributed by atoms with Gasteiger partial charge in [-0.25, -0.2) is 13.2 Å². The molecule has 1 aromatic heterocycles. The van der Waals surface area contributed by atoms with E-state index in [2.05, 4.69) is 10.2 Å². The highest BCUT2D eigenvalue weighted by molar-refractivity contribution is 7.91. The Balaban J connectivity index is 0.000000758. The van der Waals surface area contributed by atoms with Crippen molar-refractivity contribution in [3.05, 3.63) is 47.3 Å². The van der Waals surface area contributed by atoms with Crippen LogP contribution in [-0.4, -0.2) is 65.0 Å². The quantitative estimate of drug-likeness (QED) is 0.641. The van der Waals surface area contributed by atoms with Gasteiger partial charge in [0.1, 0.15) is 0 Å². The molecule has 3 N–H and O–H groups in total. The second-order valence-electron chi connectivity index (χ2n) is 5.60. The molecule has 140 valence electrons. The predicted octanol–water partition coefficient (Wildman–Crippen LogP) is 0.641. The Bertz CT molecular complexity index is 863. The standard InChI is InChI=1S/C15H17N3O4S.CH2O2/c19-15(20)14-12-10-18(7-6-13(12)16-17-14)8-9-23(21,22)11-4-2-1-3-5-11;2-1-3/h1-5H,6-10H2,(H,16,17)(H,19,20);1H,(H,2,3). The Morgan fingerprint density at radius 1 is 1.31 bits per heavy atom. The smallest absolute Gasteiger partial charge is 0.356 e. The molecule has 0 atom stereocenters. The number of sulfone groups is 1. The Morgan fingerprint density at radius 3 is 2.58 bits per heavy atom. The first kappa shape index (κ1) is 19.6. The van der Waals surface area contributed by atoms with Crippen LogP contribution in [0.15, 0.2) is 35.2 Å². The lowest BCUT2D eigenvalue weighted by Gasteiger charge is -2.26. The highest BCUT2D eigenvalue weighted by Gasteiger charge is 2.26. The first-order valence-corrected chi connectivity index (χ1v) is 9.41. The van der Waals surface area contributed by atoms with Crippen molar-refractivity contribution in [2.24, 2.45) is 0 Å². The van der Waals surface area contributed by atoms with Gasteiger partial charge in [0.15, 0.2) is 15.5 Å². The molecule has 0 fully saturated rings. The second kappa shape index (κ2) is 8.59. The van der Waals surface area contributed by atoms with Crippen LogP contribution in [0.1, 0.15) is 21.7 Å². The fourth-order valence-electron chi connectivity index (χ4n) is 2.71. The van der Waals surface area contributed by atoms with Crippen molar-refractivity contribution in [3.63, 3.8) is 0 Å². The van der Waals surface area contributed by atoms with E-state index in [1.54, 1.807) is 30.3 Å². The summed E-state index contributed by atoms with van der Waals surface area (Å²) in [4.78, 5) is 21.8. The number of nitrogens with one attached hydrogen (secondary N) is 1. The molecule has 0 aliphatic carbocycles. The normalized spacial score (nSPS) is 14.0. The number of carbonyl (C=O) groups is 2. The van der Waals surface area contributed by atoms with Crippen molar-refractivity contribution in [2.45, 2.75) is 17.9 Å². The highest BCUT2D eigenvalue weighted by Crippen LogP contribution is 2.21. The van der Waals surface area contributed by atoms with Gasteiger partial charge in [-0.1, -0.05) is 18.2 Å². The van der Waals surface area contributed by atoms with Crippen molar-refractivity contribution in [2.75, 3.05) is 18.8 Å². The van der Waals surface area contributed by atoms with Crippen molar-refractivity contribution < 1.29 is 28.2 Å². The van der Waals surface area contributed by atoms with Crippen LogP contribution in [0, 0.1) is 0 Å². The van der Waals surface area contributed by atoms with Gasteiger partial charge >= 0.3 is 5.97 Å². The lowest BCUT2D eigenvalue weighted by molar-refractivity contribution is -0.122. The summed E-state index contributed by atoms with van der Waals surface area (Å²) in [7, 11) is -3.33. The lowest BCUT2D eigenvalue weighted by atomic mass is 10.1. The van der Waals surface area contributed by atoms with E-state index in [1.807, 2.05) is 4.90 Å². The van der Waals surface area contributed by atoms with Gasteiger partial charge < -0.3 is 10.2 Å². The molecule has 1 aliphatic heterocycles. The molecule has 10 heteroatoms. The number of fused-ring (bicyclic) bond motifs is 1. The number of carboxylic acids is 1. The second-order valence-corrected chi connectivity index (χ2v) is 7.71. The molecule has 26 heavy (non-hydrogen) atoms. The van der Waals surface area contributed by atoms with Crippen LogP contribution in [0.3, 0.4) is 0 Å². The van der Waals surface area contributed by atoms with E-state index in [0.29, 0.717) is 36.5 Å². The molecule has 1 aromatic carbocycles. The Hall–Kier alpha value is -2.72. The molecule has 0 radical (unpaired) electrons. The monoisotopic (exact) mass is 381 g/mol. The van der Waals surface area contributed by atoms with E-state index in [4.69, 9.17) is 15.0 Å². The molecule has 2 aromatic rings. The SMILES string of the molecule is O=C(O)c1n[nH]c2c1CN(CCS(=O)(=O)c1ccccc1)CC2.O=CO. The van der Waals surface area contributed by atoms with E-state index < -0.39 is 15.8 Å². The van der Waals surface area contributed by atoms with Crippen molar-refractivity contribution in [1.82, 2.24) is 15.1 Å². The molecule has 0 amide bonds. The third-order valence-electron chi connectivity index (χ3n) is 3.99. The molecule has 9 nitrogen and oxygen atoms in total. The number of aromatic nitrogens is 2. The topological polar surface area (TPSA) is 141 Å². The number of hydrogen-bond acceptors (Lipinski definition) is 6. The van der Waals surface area contributed by atoms with E-state index in [-0.39, 0.29) is 17.9 Å². The average molecular weight is 381 g/mol. The lowest BCUT2D eigenvalue weighted by Crippen LogP contribution is -2.34. The predicted molar refractivity (Wildman–Crippen MR) is 91.7 cm³/mol. The van der Waals surface area contributed by atoms with Crippen LogP contribution in [-0.2, 0) is 27.6 Å². The number of H-pyrrole nitrogens is 1. The first-order valence-electron chi connectivity index (χ1n) is 7.76. The van der Waals surface area contributed by atoms with E-state index in [0.717, 1.165) is 5.69 Å². The van der Waals surface area contributed by atoms with Gasteiger partial charge in [-0.3, -0.25) is 14.8 Å². The summed E-state index contributed by atoms with van der Waals surface area (Å²) >= 11 is 0. The van der Waals surface area contributed by atoms with Crippen LogP contribution in [0.25, 0.3) is 0 Å². The zero-order valence-corrected chi connectivity index (χ0v) is 14.6. The van der Waals surface area contributed by atoms with E-state index >= 15 is 0 Å². The summed E-state index contributed by atoms with van der Waals surface area (Å²) < 4.78 is 24.6. The minimum absolute atomic E-state index is 0.00655. The fraction of sp³-hybridized carbons (Fsp3) is 0.312. The summed E-state index contributed by atoms with van der Waals surface area (Å²) in [5.74, 6) is -1.06. The minimum atomic E-state index is -3.33. The highest BCUT2D eigenvalue weighted by atomic mass is 32.2. The largest absolute Gasteiger partial charge is 0.483 e. The Kier molecular flexibility index (Phi) is 6.47. The summed E-state index contributed by atoms with van der Waals surface area (Å²) in [6, 6.07) is 8.34. The minimum Gasteiger partial charge on any atom is -0.483 e. The maximum atomic E-state index is 12.3. The molecule has 0 spiro atoms.